The Bertz CT molecular complexity index is 1300. The van der Waals surface area contributed by atoms with Crippen molar-refractivity contribution in [1.82, 2.24) is 4.90 Å². The van der Waals surface area contributed by atoms with Gasteiger partial charge in [-0.05, 0) is 86.1 Å². The highest BCUT2D eigenvalue weighted by molar-refractivity contribution is 7.22. The second kappa shape index (κ2) is 11.4. The lowest BCUT2D eigenvalue weighted by atomic mass is 9.97. The smallest absolute Gasteiger partial charge is 0.195 e. The van der Waals surface area contributed by atoms with Gasteiger partial charge < -0.3 is 9.84 Å². The van der Waals surface area contributed by atoms with Gasteiger partial charge in [0.05, 0.1) is 0 Å². The van der Waals surface area contributed by atoms with Crippen LogP contribution in [0.2, 0.25) is 5.02 Å². The van der Waals surface area contributed by atoms with Crippen LogP contribution in [0, 0.1) is 0 Å². The molecule has 1 fully saturated rings. The van der Waals surface area contributed by atoms with Gasteiger partial charge in [-0.1, -0.05) is 30.2 Å². The highest BCUT2D eigenvalue weighted by atomic mass is 35.5. The van der Waals surface area contributed by atoms with Crippen LogP contribution in [0.1, 0.15) is 35.2 Å². The Labute approximate surface area is 220 Å². The van der Waals surface area contributed by atoms with E-state index in [0.717, 1.165) is 45.9 Å². The lowest BCUT2D eigenvalue weighted by Crippen LogP contribution is -2.33. The van der Waals surface area contributed by atoms with Gasteiger partial charge in [-0.3, -0.25) is 9.69 Å². The van der Waals surface area contributed by atoms with E-state index in [1.807, 2.05) is 54.6 Å². The highest BCUT2D eigenvalue weighted by Gasteiger charge is 2.22. The molecule has 1 saturated heterocycles. The third-order valence-electron chi connectivity index (χ3n) is 6.25. The van der Waals surface area contributed by atoms with E-state index in [4.69, 9.17) is 16.3 Å². The first-order chi connectivity index (χ1) is 16.6. The van der Waals surface area contributed by atoms with Crippen LogP contribution in [0.3, 0.4) is 0 Å². The molecule has 0 unspecified atom stereocenters. The summed E-state index contributed by atoms with van der Waals surface area (Å²) in [6.07, 6.45) is 3.87. The van der Waals surface area contributed by atoms with Gasteiger partial charge in [0.15, 0.2) is 5.78 Å². The number of benzene rings is 3. The monoisotopic (exact) mass is 527 g/mol. The quantitative estimate of drug-likeness (QED) is 0.253. The molecule has 3 aromatic carbocycles. The number of thiophene rings is 1. The van der Waals surface area contributed by atoms with Gasteiger partial charge in [-0.25, -0.2) is 0 Å². The van der Waals surface area contributed by atoms with Crippen LogP contribution in [0.5, 0.6) is 11.5 Å². The van der Waals surface area contributed by atoms with Crippen molar-refractivity contribution in [2.24, 2.45) is 0 Å². The number of likely N-dealkylation sites (tertiary alicyclic amines) is 1. The molecule has 0 spiro atoms. The molecule has 1 aliphatic heterocycles. The fourth-order valence-electron chi connectivity index (χ4n) is 4.44. The van der Waals surface area contributed by atoms with Crippen LogP contribution < -0.4 is 4.74 Å². The number of hydrogen-bond acceptors (Lipinski definition) is 5. The number of carbonyl (C=O) groups excluding carboxylic acids is 1. The fraction of sp³-hybridized carbons (Fsp3) is 0.250. The summed E-state index contributed by atoms with van der Waals surface area (Å²) in [4.78, 5) is 17.0. The fourth-order valence-corrected chi connectivity index (χ4v) is 5.80. The first-order valence-electron chi connectivity index (χ1n) is 11.6. The summed E-state index contributed by atoms with van der Waals surface area (Å²) in [6, 6.07) is 20.0. The molecule has 7 heteroatoms. The maximum Gasteiger partial charge on any atom is 0.195 e. The van der Waals surface area contributed by atoms with Crippen LogP contribution in [0.25, 0.3) is 20.5 Å². The van der Waals surface area contributed by atoms with Crippen LogP contribution in [0.15, 0.2) is 66.7 Å². The van der Waals surface area contributed by atoms with Crippen molar-refractivity contribution < 1.29 is 14.6 Å². The summed E-state index contributed by atoms with van der Waals surface area (Å²) < 4.78 is 6.80. The average molecular weight is 529 g/mol. The zero-order valence-electron chi connectivity index (χ0n) is 19.2. The minimum absolute atomic E-state index is 0. The number of carbonyl (C=O) groups is 1. The van der Waals surface area contributed by atoms with Gasteiger partial charge in [0.25, 0.3) is 0 Å². The number of hydrogen-bond donors (Lipinski definition) is 1. The molecule has 0 amide bonds. The Balaban J connectivity index is 0.00000289. The van der Waals surface area contributed by atoms with Crippen molar-refractivity contribution in [3.8, 4) is 21.9 Å². The molecule has 35 heavy (non-hydrogen) atoms. The van der Waals surface area contributed by atoms with Gasteiger partial charge in [0.1, 0.15) is 18.1 Å². The molecule has 0 aliphatic carbocycles. The number of ketones is 1. The van der Waals surface area contributed by atoms with E-state index in [0.29, 0.717) is 22.8 Å². The Hall–Kier alpha value is -2.57. The molecule has 5 rings (SSSR count). The maximum absolute atomic E-state index is 13.7. The Morgan fingerprint density at radius 2 is 1.69 bits per heavy atom. The van der Waals surface area contributed by atoms with Crippen molar-refractivity contribution in [3.05, 3.63) is 82.9 Å². The van der Waals surface area contributed by atoms with Gasteiger partial charge in [0, 0.05) is 37.7 Å². The number of phenolic OH excluding ortho intramolecular Hbond substituents is 1. The molecule has 182 valence electrons. The van der Waals surface area contributed by atoms with E-state index in [1.165, 1.54) is 30.6 Å². The second-order valence-corrected chi connectivity index (χ2v) is 10.1. The number of nitrogens with zero attached hydrogens (tertiary/aromatic N) is 1. The minimum atomic E-state index is -0.0539. The summed E-state index contributed by atoms with van der Waals surface area (Å²) in [5, 5.41) is 11.4. The van der Waals surface area contributed by atoms with E-state index in [2.05, 4.69) is 4.90 Å². The van der Waals surface area contributed by atoms with Crippen LogP contribution in [-0.2, 0) is 0 Å². The highest BCUT2D eigenvalue weighted by Crippen LogP contribution is 2.41. The van der Waals surface area contributed by atoms with Crippen LogP contribution in [0.4, 0.5) is 0 Å². The molecule has 0 atom stereocenters. The van der Waals surface area contributed by atoms with Gasteiger partial charge in [-0.2, -0.15) is 0 Å². The molecular formula is C28H27Cl2NO3S. The molecule has 2 heterocycles. The first kappa shape index (κ1) is 25.5. The number of phenols is 1. The van der Waals surface area contributed by atoms with Gasteiger partial charge in [0.2, 0.25) is 0 Å². The van der Waals surface area contributed by atoms with E-state index in [9.17, 15) is 9.90 Å². The van der Waals surface area contributed by atoms with Crippen LogP contribution in [-0.4, -0.2) is 42.0 Å². The van der Waals surface area contributed by atoms with Crippen molar-refractivity contribution in [2.75, 3.05) is 26.2 Å². The second-order valence-electron chi connectivity index (χ2n) is 8.60. The summed E-state index contributed by atoms with van der Waals surface area (Å²) in [7, 11) is 0. The Morgan fingerprint density at radius 3 is 2.40 bits per heavy atom. The first-order valence-corrected chi connectivity index (χ1v) is 12.8. The molecule has 1 N–H and O–H groups in total. The molecule has 0 radical (unpaired) electrons. The van der Waals surface area contributed by atoms with E-state index in [1.54, 1.807) is 12.1 Å². The molecule has 0 saturated carbocycles. The minimum Gasteiger partial charge on any atom is -0.508 e. The van der Waals surface area contributed by atoms with Crippen molar-refractivity contribution in [1.29, 1.82) is 0 Å². The lowest BCUT2D eigenvalue weighted by Gasteiger charge is -2.26. The third kappa shape index (κ3) is 5.81. The summed E-state index contributed by atoms with van der Waals surface area (Å²) in [6.45, 7) is 3.88. The van der Waals surface area contributed by atoms with Crippen molar-refractivity contribution >= 4 is 51.2 Å². The van der Waals surface area contributed by atoms with Gasteiger partial charge >= 0.3 is 0 Å². The van der Waals surface area contributed by atoms with Crippen molar-refractivity contribution in [2.45, 2.75) is 19.3 Å². The summed E-state index contributed by atoms with van der Waals surface area (Å²) in [5.74, 6) is 0.898. The number of piperidine rings is 1. The predicted molar refractivity (Wildman–Crippen MR) is 147 cm³/mol. The largest absolute Gasteiger partial charge is 0.508 e. The number of halogens is 2. The maximum atomic E-state index is 13.7. The number of rotatable bonds is 7. The Morgan fingerprint density at radius 1 is 0.971 bits per heavy atom. The van der Waals surface area contributed by atoms with Gasteiger partial charge in [-0.15, -0.1) is 23.7 Å². The van der Waals surface area contributed by atoms with E-state index < -0.39 is 0 Å². The zero-order valence-corrected chi connectivity index (χ0v) is 21.6. The normalized spacial score (nSPS) is 14.0. The molecule has 4 nitrogen and oxygen atoms in total. The molecule has 4 aromatic rings. The average Bonchev–Trinajstić information content (AvgIpc) is 3.23. The summed E-state index contributed by atoms with van der Waals surface area (Å²) >= 11 is 7.58. The molecular weight excluding hydrogens is 501 g/mol. The topological polar surface area (TPSA) is 49.8 Å². The van der Waals surface area contributed by atoms with E-state index >= 15 is 0 Å². The summed E-state index contributed by atoms with van der Waals surface area (Å²) in [5.41, 5.74) is 2.17. The predicted octanol–water partition coefficient (Wildman–Crippen LogP) is 7.44. The van der Waals surface area contributed by atoms with Crippen LogP contribution >= 0.6 is 35.3 Å². The number of ether oxygens (including phenoxy) is 1. The standard InChI is InChI=1S/C28H26ClNO3S.ClH/c29-21-8-4-20(5-9-21)28-26(24-13-10-22(31)18-25(24)34-28)27(32)19-6-11-23(12-7-19)33-17-16-30-14-2-1-3-15-30;/h4-13,18,31H,1-3,14-17H2;1H. The number of aromatic hydroxyl groups is 1. The van der Waals surface area contributed by atoms with Crippen molar-refractivity contribution in [3.63, 3.8) is 0 Å². The van der Waals surface area contributed by atoms with E-state index in [-0.39, 0.29) is 23.9 Å². The molecule has 1 aliphatic rings. The lowest BCUT2D eigenvalue weighted by molar-refractivity contribution is 0.104. The SMILES string of the molecule is Cl.O=C(c1ccc(OCCN2CCCCC2)cc1)c1c(-c2ccc(Cl)cc2)sc2cc(O)ccc12. The molecule has 0 bridgehead atoms. The zero-order chi connectivity index (χ0) is 23.5. The Kier molecular flexibility index (Phi) is 8.34. The number of fused-ring (bicyclic) bond motifs is 1. The molecule has 1 aromatic heterocycles. The third-order valence-corrected chi connectivity index (χ3v) is 7.70.